The second-order valence-corrected chi connectivity index (χ2v) is 3.07. The van der Waals surface area contributed by atoms with Crippen molar-refractivity contribution >= 4 is 40.9 Å². The Kier molecular flexibility index (Phi) is 6.36. The molecular weight excluding hydrogens is 275 g/mol. The third-order valence-electron chi connectivity index (χ3n) is 1.49. The summed E-state index contributed by atoms with van der Waals surface area (Å²) in [6, 6.07) is 0. The van der Waals surface area contributed by atoms with E-state index in [1.54, 1.807) is 11.8 Å². The number of aliphatic hydroxyl groups excluding tert-OH is 1. The maximum absolute atomic E-state index is 8.73. The first-order valence-electron chi connectivity index (χ1n) is 3.30. The molecule has 1 aliphatic heterocycles. The summed E-state index contributed by atoms with van der Waals surface area (Å²) in [6.07, 6.45) is 1.99. The molecule has 0 aliphatic carbocycles. The van der Waals surface area contributed by atoms with Crippen LogP contribution < -0.4 is 5.32 Å². The van der Waals surface area contributed by atoms with Crippen molar-refractivity contribution in [2.75, 3.05) is 26.0 Å². The highest BCUT2D eigenvalue weighted by Gasteiger charge is 2.12. The molecule has 0 radical (unpaired) electrons. The molecule has 1 atom stereocenters. The Labute approximate surface area is 88.1 Å². The average Bonchev–Trinajstić information content (AvgIpc) is 2.05. The minimum absolute atomic E-state index is 0. The molecule has 0 amide bonds. The van der Waals surface area contributed by atoms with Crippen LogP contribution in [-0.4, -0.2) is 36.2 Å². The molecule has 0 aromatic rings. The molecule has 1 rings (SSSR count). The summed E-state index contributed by atoms with van der Waals surface area (Å²) in [4.78, 5) is 4.21. The van der Waals surface area contributed by atoms with E-state index >= 15 is 0 Å². The molecule has 0 fully saturated rings. The molecule has 2 N–H and O–H groups in total. The lowest BCUT2D eigenvalue weighted by atomic mass is 10.1. The van der Waals surface area contributed by atoms with Gasteiger partial charge < -0.3 is 10.4 Å². The maximum Gasteiger partial charge on any atom is 0.156 e. The molecule has 0 bridgehead atoms. The molecule has 1 aliphatic rings. The molecule has 0 saturated carbocycles. The van der Waals surface area contributed by atoms with Crippen LogP contribution in [0.3, 0.4) is 0 Å². The van der Waals surface area contributed by atoms with Crippen LogP contribution in [0.4, 0.5) is 0 Å². The third kappa shape index (κ3) is 3.62. The molecule has 66 valence electrons. The fraction of sp³-hybridized carbons (Fsp3) is 0.833. The molecule has 0 saturated heterocycles. The number of nitrogens with one attached hydrogen (secondary N) is 1. The predicted molar refractivity (Wildman–Crippen MR) is 59.8 cm³/mol. The molecule has 1 heterocycles. The van der Waals surface area contributed by atoms with E-state index in [0.29, 0.717) is 5.92 Å². The van der Waals surface area contributed by atoms with Crippen molar-refractivity contribution < 1.29 is 5.11 Å². The van der Waals surface area contributed by atoms with Gasteiger partial charge in [0.1, 0.15) is 0 Å². The standard InChI is InChI=1S/C6H12N2OS.HI/c1-10-6-7-2-5(4-9)3-8-6;/h5,9H,2-4H2,1H3,(H,7,8);1H. The SMILES string of the molecule is CSC1=NCC(CO)CN1.I. The van der Waals surface area contributed by atoms with Gasteiger partial charge in [-0.1, -0.05) is 11.8 Å². The van der Waals surface area contributed by atoms with Gasteiger partial charge in [0.05, 0.1) is 0 Å². The quantitative estimate of drug-likeness (QED) is 0.692. The smallest absolute Gasteiger partial charge is 0.156 e. The molecular formula is C6H13IN2OS. The number of aliphatic hydroxyl groups is 1. The van der Waals surface area contributed by atoms with Crippen LogP contribution in [0.2, 0.25) is 0 Å². The Bertz CT molecular complexity index is 143. The van der Waals surface area contributed by atoms with E-state index in [2.05, 4.69) is 10.3 Å². The van der Waals surface area contributed by atoms with Crippen molar-refractivity contribution in [2.45, 2.75) is 0 Å². The lowest BCUT2D eigenvalue weighted by molar-refractivity contribution is 0.228. The summed E-state index contributed by atoms with van der Waals surface area (Å²) in [5, 5.41) is 12.8. The van der Waals surface area contributed by atoms with Gasteiger partial charge in [0, 0.05) is 25.6 Å². The third-order valence-corrected chi connectivity index (χ3v) is 2.15. The van der Waals surface area contributed by atoms with Crippen molar-refractivity contribution in [1.29, 1.82) is 0 Å². The van der Waals surface area contributed by atoms with E-state index < -0.39 is 0 Å². The van der Waals surface area contributed by atoms with E-state index in [4.69, 9.17) is 5.11 Å². The normalized spacial score (nSPS) is 23.1. The van der Waals surface area contributed by atoms with Crippen molar-refractivity contribution in [1.82, 2.24) is 5.32 Å². The zero-order valence-electron chi connectivity index (χ0n) is 6.41. The van der Waals surface area contributed by atoms with Gasteiger partial charge in [0.2, 0.25) is 0 Å². The van der Waals surface area contributed by atoms with Gasteiger partial charge in [-0.25, -0.2) is 0 Å². The van der Waals surface area contributed by atoms with E-state index in [1.807, 2.05) is 6.26 Å². The first kappa shape index (κ1) is 11.5. The number of hydrogen-bond donors (Lipinski definition) is 2. The van der Waals surface area contributed by atoms with Crippen LogP contribution in [0, 0.1) is 5.92 Å². The van der Waals surface area contributed by atoms with Crippen molar-refractivity contribution in [3.63, 3.8) is 0 Å². The van der Waals surface area contributed by atoms with Crippen LogP contribution in [0.1, 0.15) is 0 Å². The summed E-state index contributed by atoms with van der Waals surface area (Å²) in [7, 11) is 0. The zero-order valence-corrected chi connectivity index (χ0v) is 9.56. The Hall–Kier alpha value is 0.510. The number of aliphatic imine (C=N–C) groups is 1. The largest absolute Gasteiger partial charge is 0.396 e. The van der Waals surface area contributed by atoms with Crippen molar-refractivity contribution in [3.05, 3.63) is 0 Å². The highest BCUT2D eigenvalue weighted by Crippen LogP contribution is 2.05. The molecule has 0 aromatic heterocycles. The Morgan fingerprint density at radius 1 is 1.82 bits per heavy atom. The first-order chi connectivity index (χ1) is 4.86. The minimum atomic E-state index is 0. The lowest BCUT2D eigenvalue weighted by Crippen LogP contribution is -2.35. The van der Waals surface area contributed by atoms with Crippen LogP contribution in [0.5, 0.6) is 0 Å². The molecule has 0 spiro atoms. The average molecular weight is 288 g/mol. The minimum Gasteiger partial charge on any atom is -0.396 e. The van der Waals surface area contributed by atoms with E-state index in [1.165, 1.54) is 0 Å². The summed E-state index contributed by atoms with van der Waals surface area (Å²) in [5.74, 6) is 0.316. The van der Waals surface area contributed by atoms with Crippen LogP contribution in [0.25, 0.3) is 0 Å². The van der Waals surface area contributed by atoms with Gasteiger partial charge in [0.15, 0.2) is 5.17 Å². The monoisotopic (exact) mass is 288 g/mol. The van der Waals surface area contributed by atoms with E-state index in [0.717, 1.165) is 18.3 Å². The second kappa shape index (κ2) is 6.07. The molecule has 3 nitrogen and oxygen atoms in total. The Morgan fingerprint density at radius 3 is 2.91 bits per heavy atom. The van der Waals surface area contributed by atoms with Gasteiger partial charge in [-0.2, -0.15) is 0 Å². The number of thioether (sulfide) groups is 1. The molecule has 0 aromatic carbocycles. The Balaban J connectivity index is 0.000001000. The van der Waals surface area contributed by atoms with Crippen LogP contribution in [-0.2, 0) is 0 Å². The number of halogens is 1. The van der Waals surface area contributed by atoms with Gasteiger partial charge in [0.25, 0.3) is 0 Å². The summed E-state index contributed by atoms with van der Waals surface area (Å²) in [5.41, 5.74) is 0. The molecule has 11 heavy (non-hydrogen) atoms. The first-order valence-corrected chi connectivity index (χ1v) is 4.52. The van der Waals surface area contributed by atoms with E-state index in [-0.39, 0.29) is 30.6 Å². The maximum atomic E-state index is 8.73. The lowest BCUT2D eigenvalue weighted by Gasteiger charge is -2.19. The van der Waals surface area contributed by atoms with Gasteiger partial charge >= 0.3 is 0 Å². The number of rotatable bonds is 1. The van der Waals surface area contributed by atoms with Gasteiger partial charge in [-0.05, 0) is 6.26 Å². The molecule has 1 unspecified atom stereocenters. The highest BCUT2D eigenvalue weighted by molar-refractivity contribution is 14.0. The predicted octanol–water partition coefficient (Wildman–Crippen LogP) is 0.535. The summed E-state index contributed by atoms with van der Waals surface area (Å²) in [6.45, 7) is 1.86. The fourth-order valence-corrected chi connectivity index (χ4v) is 1.25. The Morgan fingerprint density at radius 2 is 2.55 bits per heavy atom. The van der Waals surface area contributed by atoms with Crippen LogP contribution >= 0.6 is 35.7 Å². The van der Waals surface area contributed by atoms with E-state index in [9.17, 15) is 0 Å². The van der Waals surface area contributed by atoms with Crippen LogP contribution in [0.15, 0.2) is 4.99 Å². The van der Waals surface area contributed by atoms with Gasteiger partial charge in [-0.3, -0.25) is 4.99 Å². The number of nitrogens with zero attached hydrogens (tertiary/aromatic N) is 1. The second-order valence-electron chi connectivity index (χ2n) is 2.28. The number of hydrogen-bond acceptors (Lipinski definition) is 4. The molecule has 5 heteroatoms. The van der Waals surface area contributed by atoms with Crippen molar-refractivity contribution in [3.8, 4) is 0 Å². The summed E-state index contributed by atoms with van der Waals surface area (Å²) < 4.78 is 0. The van der Waals surface area contributed by atoms with Crippen molar-refractivity contribution in [2.24, 2.45) is 10.9 Å². The van der Waals surface area contributed by atoms with Gasteiger partial charge in [-0.15, -0.1) is 24.0 Å². The highest BCUT2D eigenvalue weighted by atomic mass is 127. The zero-order chi connectivity index (χ0) is 7.40. The summed E-state index contributed by atoms with van der Waals surface area (Å²) >= 11 is 1.62. The number of amidine groups is 1. The fourth-order valence-electron chi connectivity index (χ4n) is 0.823. The topological polar surface area (TPSA) is 44.6 Å².